The summed E-state index contributed by atoms with van der Waals surface area (Å²) in [6, 6.07) is 4.57. The molecular formula is C23H26ClN3O5S. The van der Waals surface area contributed by atoms with Crippen molar-refractivity contribution in [3.05, 3.63) is 52.9 Å². The number of ether oxygens (including phenoxy) is 2. The fourth-order valence-electron chi connectivity index (χ4n) is 4.04. The molecule has 33 heavy (non-hydrogen) atoms. The number of allylic oxidation sites excluding steroid dienone is 1. The molecular weight excluding hydrogens is 466 g/mol. The third-order valence-corrected chi connectivity index (χ3v) is 7.28. The Morgan fingerprint density at radius 2 is 1.91 bits per heavy atom. The highest BCUT2D eigenvalue weighted by Gasteiger charge is 2.22. The zero-order valence-corrected chi connectivity index (χ0v) is 19.9. The molecule has 1 saturated heterocycles. The van der Waals surface area contributed by atoms with Crippen molar-refractivity contribution in [1.82, 2.24) is 9.97 Å². The summed E-state index contributed by atoms with van der Waals surface area (Å²) in [5.41, 5.74) is 1.68. The maximum atomic E-state index is 13.2. The van der Waals surface area contributed by atoms with Gasteiger partial charge in [0.2, 0.25) is 0 Å². The van der Waals surface area contributed by atoms with Crippen molar-refractivity contribution in [2.24, 2.45) is 5.92 Å². The van der Waals surface area contributed by atoms with Gasteiger partial charge in [-0.25, -0.2) is 13.4 Å². The predicted octanol–water partition coefficient (Wildman–Crippen LogP) is 3.66. The van der Waals surface area contributed by atoms with Crippen molar-refractivity contribution in [2.45, 2.75) is 43.3 Å². The van der Waals surface area contributed by atoms with E-state index in [9.17, 15) is 13.2 Å². The molecule has 4 rings (SSSR count). The quantitative estimate of drug-likeness (QED) is 0.589. The number of hydrogen-bond donors (Lipinski definition) is 1. The Labute approximate surface area is 198 Å². The summed E-state index contributed by atoms with van der Waals surface area (Å²) in [5, 5.41) is 2.88. The van der Waals surface area contributed by atoms with Crippen molar-refractivity contribution in [3.63, 3.8) is 0 Å². The van der Waals surface area contributed by atoms with Crippen molar-refractivity contribution in [3.8, 4) is 0 Å². The van der Waals surface area contributed by atoms with Gasteiger partial charge in [-0.05, 0) is 36.5 Å². The van der Waals surface area contributed by atoms with Gasteiger partial charge >= 0.3 is 0 Å². The number of anilines is 1. The molecule has 2 fully saturated rings. The SMILES string of the molecule is CS(=O)(=O)c1ccc(/C(=C\C2CCCC2)C(=O)Nc2cnc(CC3OCCO3)cn2)cc1Cl. The van der Waals surface area contributed by atoms with Gasteiger partial charge in [-0.2, -0.15) is 0 Å². The number of sulfone groups is 1. The first-order valence-electron chi connectivity index (χ1n) is 10.9. The summed E-state index contributed by atoms with van der Waals surface area (Å²) in [4.78, 5) is 21.9. The van der Waals surface area contributed by atoms with Crippen LogP contribution in [0.5, 0.6) is 0 Å². The topological polar surface area (TPSA) is 107 Å². The Bertz CT molecular complexity index is 1140. The highest BCUT2D eigenvalue weighted by molar-refractivity contribution is 7.90. The zero-order chi connectivity index (χ0) is 23.4. The van der Waals surface area contributed by atoms with Crippen LogP contribution < -0.4 is 5.32 Å². The number of nitrogens with zero attached hydrogens (tertiary/aromatic N) is 2. The Hall–Kier alpha value is -2.33. The number of carbonyl (C=O) groups is 1. The van der Waals surface area contributed by atoms with E-state index in [2.05, 4.69) is 15.3 Å². The molecule has 0 bridgehead atoms. The van der Waals surface area contributed by atoms with Gasteiger partial charge in [0.1, 0.15) is 0 Å². The van der Waals surface area contributed by atoms with Gasteiger partial charge in [0.15, 0.2) is 21.9 Å². The smallest absolute Gasteiger partial charge is 0.257 e. The van der Waals surface area contributed by atoms with Crippen LogP contribution in [0, 0.1) is 5.92 Å². The molecule has 1 amide bonds. The van der Waals surface area contributed by atoms with E-state index in [1.807, 2.05) is 6.08 Å². The molecule has 2 aliphatic rings. The van der Waals surface area contributed by atoms with Gasteiger partial charge < -0.3 is 14.8 Å². The molecule has 2 heterocycles. The maximum absolute atomic E-state index is 13.2. The summed E-state index contributed by atoms with van der Waals surface area (Å²) < 4.78 is 34.7. The number of hydrogen-bond acceptors (Lipinski definition) is 7. The van der Waals surface area contributed by atoms with E-state index >= 15 is 0 Å². The van der Waals surface area contributed by atoms with Gasteiger partial charge in [0.05, 0.1) is 41.2 Å². The van der Waals surface area contributed by atoms with Gasteiger partial charge in [-0.15, -0.1) is 0 Å². The van der Waals surface area contributed by atoms with Crippen LogP contribution in [0.15, 0.2) is 41.6 Å². The van der Waals surface area contributed by atoms with Gasteiger partial charge in [0, 0.05) is 18.2 Å². The number of carbonyl (C=O) groups excluding carboxylic acids is 1. The van der Waals surface area contributed by atoms with Crippen LogP contribution in [-0.2, 0) is 30.5 Å². The third-order valence-electron chi connectivity index (χ3n) is 5.70. The number of aromatic nitrogens is 2. The minimum Gasteiger partial charge on any atom is -0.350 e. The first-order valence-corrected chi connectivity index (χ1v) is 13.1. The molecule has 0 radical (unpaired) electrons. The van der Waals surface area contributed by atoms with Crippen LogP contribution in [0.2, 0.25) is 5.02 Å². The molecule has 8 nitrogen and oxygen atoms in total. The fraction of sp³-hybridized carbons (Fsp3) is 0.435. The largest absolute Gasteiger partial charge is 0.350 e. The van der Waals surface area contributed by atoms with Crippen LogP contribution in [0.1, 0.15) is 36.9 Å². The second-order valence-electron chi connectivity index (χ2n) is 8.26. The van der Waals surface area contributed by atoms with Crippen LogP contribution in [0.3, 0.4) is 0 Å². The monoisotopic (exact) mass is 491 g/mol. The van der Waals surface area contributed by atoms with E-state index in [4.69, 9.17) is 21.1 Å². The van der Waals surface area contributed by atoms with Gasteiger partial charge in [0.25, 0.3) is 5.91 Å². The van der Waals surface area contributed by atoms with E-state index < -0.39 is 9.84 Å². The second-order valence-corrected chi connectivity index (χ2v) is 10.7. The Morgan fingerprint density at radius 1 is 1.18 bits per heavy atom. The standard InChI is InChI=1S/C23H26ClN3O5S/c1-33(29,30)20-7-6-16(11-19(20)24)18(10-15-4-2-3-5-15)23(28)27-21-14-25-17(13-26-21)12-22-31-8-9-32-22/h6-7,10-11,13-15,22H,2-5,8-9,12H2,1H3,(H,26,27,28)/b18-10+. The number of halogens is 1. The summed E-state index contributed by atoms with van der Waals surface area (Å²) in [5.74, 6) is 0.238. The molecule has 0 spiro atoms. The van der Waals surface area contributed by atoms with Crippen molar-refractivity contribution in [2.75, 3.05) is 24.8 Å². The van der Waals surface area contributed by atoms with Crippen molar-refractivity contribution >= 4 is 38.7 Å². The molecule has 0 unspecified atom stereocenters. The first kappa shape index (κ1) is 23.8. The maximum Gasteiger partial charge on any atom is 0.257 e. The molecule has 1 saturated carbocycles. The van der Waals surface area contributed by atoms with Gasteiger partial charge in [-0.3, -0.25) is 9.78 Å². The molecule has 10 heteroatoms. The Kier molecular flexibility index (Phi) is 7.43. The van der Waals surface area contributed by atoms with Crippen LogP contribution in [0.4, 0.5) is 5.82 Å². The highest BCUT2D eigenvalue weighted by Crippen LogP contribution is 2.32. The second kappa shape index (κ2) is 10.3. The lowest BCUT2D eigenvalue weighted by Gasteiger charge is -2.13. The van der Waals surface area contributed by atoms with Crippen molar-refractivity contribution < 1.29 is 22.7 Å². The molecule has 176 valence electrons. The Balaban J connectivity index is 1.54. The average Bonchev–Trinajstić information content (AvgIpc) is 3.46. The summed E-state index contributed by atoms with van der Waals surface area (Å²) >= 11 is 6.25. The lowest BCUT2D eigenvalue weighted by molar-refractivity contribution is -0.111. The molecule has 1 aliphatic carbocycles. The number of nitrogens with one attached hydrogen (secondary N) is 1. The fourth-order valence-corrected chi connectivity index (χ4v) is 5.37. The van der Waals surface area contributed by atoms with Crippen LogP contribution in [0.25, 0.3) is 5.57 Å². The highest BCUT2D eigenvalue weighted by atomic mass is 35.5. The summed E-state index contributed by atoms with van der Waals surface area (Å²) in [6.07, 6.45) is 10.5. The van der Waals surface area contributed by atoms with E-state index in [1.54, 1.807) is 12.3 Å². The third kappa shape index (κ3) is 6.17. The lowest BCUT2D eigenvalue weighted by Crippen LogP contribution is -2.17. The first-order chi connectivity index (χ1) is 15.8. The lowest BCUT2D eigenvalue weighted by atomic mass is 9.98. The van der Waals surface area contributed by atoms with E-state index in [1.165, 1.54) is 18.3 Å². The number of benzene rings is 1. The predicted molar refractivity (Wildman–Crippen MR) is 125 cm³/mol. The van der Waals surface area contributed by atoms with E-state index in [0.717, 1.165) is 31.9 Å². The molecule has 2 aromatic rings. The summed E-state index contributed by atoms with van der Waals surface area (Å²) in [7, 11) is -3.47. The molecule has 1 N–H and O–H groups in total. The zero-order valence-electron chi connectivity index (χ0n) is 18.3. The molecule has 1 aliphatic heterocycles. The molecule has 1 aromatic carbocycles. The average molecular weight is 492 g/mol. The normalized spacial score (nSPS) is 18.1. The molecule has 0 atom stereocenters. The van der Waals surface area contributed by atoms with Crippen molar-refractivity contribution in [1.29, 1.82) is 0 Å². The summed E-state index contributed by atoms with van der Waals surface area (Å²) in [6.45, 7) is 1.13. The minimum atomic E-state index is -3.47. The van der Waals surface area contributed by atoms with Gasteiger partial charge in [-0.1, -0.05) is 36.6 Å². The van der Waals surface area contributed by atoms with Crippen LogP contribution in [-0.4, -0.2) is 50.1 Å². The van der Waals surface area contributed by atoms with E-state index in [-0.39, 0.29) is 28.0 Å². The number of rotatable bonds is 7. The molecule has 1 aromatic heterocycles. The number of amides is 1. The minimum absolute atomic E-state index is 0.0326. The van der Waals surface area contributed by atoms with Crippen LogP contribution >= 0.6 is 11.6 Å². The Morgan fingerprint density at radius 3 is 2.52 bits per heavy atom. The van der Waals surface area contributed by atoms with E-state index in [0.29, 0.717) is 42.3 Å².